The van der Waals surface area contributed by atoms with Gasteiger partial charge in [-0.3, -0.25) is 9.36 Å². The third-order valence-electron chi connectivity index (χ3n) is 7.49. The minimum Gasteiger partial charge on any atom is -0.463 e. The summed E-state index contributed by atoms with van der Waals surface area (Å²) in [7, 11) is 3.52. The van der Waals surface area contributed by atoms with Crippen LogP contribution in [0, 0.1) is 0 Å². The first-order valence-corrected chi connectivity index (χ1v) is 16.1. The zero-order chi connectivity index (χ0) is 29.5. The number of unbranched alkanes of at least 4 members (excludes halogenated alkanes) is 16. The smallest absolute Gasteiger partial charge is 0.305 e. The Balaban J connectivity index is 1.46. The Hall–Kier alpha value is -2.46. The highest BCUT2D eigenvalue weighted by molar-refractivity contribution is 5.84. The van der Waals surface area contributed by atoms with Crippen LogP contribution in [0.5, 0.6) is 0 Å². The maximum atomic E-state index is 12.2. The molecule has 0 saturated carbocycles. The van der Waals surface area contributed by atoms with E-state index in [0.29, 0.717) is 29.4 Å². The molecule has 0 fully saturated rings. The van der Waals surface area contributed by atoms with Gasteiger partial charge in [0.1, 0.15) is 19.4 Å². The number of hydrogen-bond acceptors (Lipinski definition) is 9. The number of anilines is 2. The first-order valence-electron chi connectivity index (χ1n) is 16.1. The van der Waals surface area contributed by atoms with E-state index >= 15 is 0 Å². The van der Waals surface area contributed by atoms with E-state index in [4.69, 9.17) is 9.47 Å². The van der Waals surface area contributed by atoms with E-state index in [0.717, 1.165) is 12.8 Å². The van der Waals surface area contributed by atoms with Gasteiger partial charge in [0, 0.05) is 20.5 Å². The third-order valence-corrected chi connectivity index (χ3v) is 7.49. The van der Waals surface area contributed by atoms with Crippen molar-refractivity contribution < 1.29 is 19.4 Å². The summed E-state index contributed by atoms with van der Waals surface area (Å²) in [4.78, 5) is 25.3. The van der Waals surface area contributed by atoms with Crippen molar-refractivity contribution in [2.75, 3.05) is 37.9 Å². The number of esters is 1. The maximum Gasteiger partial charge on any atom is 0.305 e. The average molecular weight is 577 g/mol. The van der Waals surface area contributed by atoms with Gasteiger partial charge in [-0.1, -0.05) is 110 Å². The van der Waals surface area contributed by atoms with Crippen LogP contribution in [-0.4, -0.2) is 64.0 Å². The molecule has 3 N–H and O–H groups in total. The number of carbonyl (C=O) groups is 1. The average Bonchev–Trinajstić information content (AvgIpc) is 3.41. The summed E-state index contributed by atoms with van der Waals surface area (Å²) in [6, 6.07) is 0. The van der Waals surface area contributed by atoms with Crippen LogP contribution in [-0.2, 0) is 21.0 Å². The molecule has 0 spiro atoms. The molecule has 0 aliphatic carbocycles. The van der Waals surface area contributed by atoms with Crippen molar-refractivity contribution >= 4 is 28.9 Å². The number of carbonyl (C=O) groups excluding carboxylic acids is 1. The van der Waals surface area contributed by atoms with E-state index in [1.807, 2.05) is 0 Å². The molecule has 2 aromatic heterocycles. The summed E-state index contributed by atoms with van der Waals surface area (Å²) in [6.07, 6.45) is 23.7. The van der Waals surface area contributed by atoms with Crippen LogP contribution in [0.2, 0.25) is 0 Å². The fourth-order valence-electron chi connectivity index (χ4n) is 4.92. The monoisotopic (exact) mass is 576 g/mol. The van der Waals surface area contributed by atoms with Crippen LogP contribution in [0.1, 0.15) is 122 Å². The van der Waals surface area contributed by atoms with E-state index in [1.54, 1.807) is 25.0 Å². The van der Waals surface area contributed by atoms with Gasteiger partial charge in [-0.2, -0.15) is 9.97 Å². The van der Waals surface area contributed by atoms with Crippen molar-refractivity contribution in [3.8, 4) is 0 Å². The first kappa shape index (κ1) is 34.7. The summed E-state index contributed by atoms with van der Waals surface area (Å²) in [5.74, 6) is 0.821. The highest BCUT2D eigenvalue weighted by Gasteiger charge is 2.15. The molecular formula is C31H56N6O4. The summed E-state index contributed by atoms with van der Waals surface area (Å²) in [6.45, 7) is 2.15. The second-order valence-electron chi connectivity index (χ2n) is 11.0. The molecule has 0 amide bonds. The number of nitrogens with one attached hydrogen (secondary N) is 2. The number of aliphatic hydroxyl groups excluding tert-OH is 1. The number of ether oxygens (including phenoxy) is 2. The standard InChI is InChI=1S/C31H56N6O4/c1-4-5-6-7-8-9-10-11-12-13-14-15-16-17-18-19-20-21-27(39)40-23-26(22-38)41-25-37-24-34-28-29(32-2)35-31(33-3)36-30(28)37/h24,26,38H,4-23,25H2,1-3H3,(H2,32,33,35,36). The SMILES string of the molecule is CCCCCCCCCCCCCCCCCCCC(=O)OCC(CO)OCn1cnc2c(NC)nc(NC)nc21. The summed E-state index contributed by atoms with van der Waals surface area (Å²) in [5, 5.41) is 15.6. The lowest BCUT2D eigenvalue weighted by Gasteiger charge is -2.16. The molecule has 234 valence electrons. The van der Waals surface area contributed by atoms with Crippen LogP contribution in [0.25, 0.3) is 11.2 Å². The number of hydrogen-bond donors (Lipinski definition) is 3. The largest absolute Gasteiger partial charge is 0.463 e. The van der Waals surface area contributed by atoms with Crippen molar-refractivity contribution in [3.05, 3.63) is 6.33 Å². The number of aliphatic hydroxyl groups is 1. The van der Waals surface area contributed by atoms with Crippen molar-refractivity contribution in [2.45, 2.75) is 135 Å². The van der Waals surface area contributed by atoms with Gasteiger partial charge >= 0.3 is 5.97 Å². The normalized spacial score (nSPS) is 12.1. The predicted octanol–water partition coefficient (Wildman–Crippen LogP) is 6.83. The molecule has 0 aliphatic rings. The Kier molecular flexibility index (Phi) is 18.8. The van der Waals surface area contributed by atoms with Crippen molar-refractivity contribution in [2.24, 2.45) is 0 Å². The van der Waals surface area contributed by atoms with Gasteiger partial charge in [0.05, 0.1) is 12.9 Å². The van der Waals surface area contributed by atoms with Crippen LogP contribution < -0.4 is 10.6 Å². The van der Waals surface area contributed by atoms with E-state index in [1.165, 1.54) is 96.3 Å². The Morgan fingerprint density at radius 2 is 1.41 bits per heavy atom. The van der Waals surface area contributed by atoms with Gasteiger partial charge in [-0.15, -0.1) is 0 Å². The molecule has 0 aromatic carbocycles. The molecule has 2 heterocycles. The quantitative estimate of drug-likeness (QED) is 0.0816. The molecule has 41 heavy (non-hydrogen) atoms. The number of imidazole rings is 1. The predicted molar refractivity (Wildman–Crippen MR) is 166 cm³/mol. The lowest BCUT2D eigenvalue weighted by Crippen LogP contribution is -2.26. The van der Waals surface area contributed by atoms with Gasteiger partial charge in [0.25, 0.3) is 0 Å². The Bertz CT molecular complexity index is 954. The van der Waals surface area contributed by atoms with Gasteiger partial charge in [0.2, 0.25) is 5.95 Å². The zero-order valence-electron chi connectivity index (χ0n) is 26.0. The van der Waals surface area contributed by atoms with E-state index in [9.17, 15) is 9.90 Å². The molecule has 1 atom stereocenters. The zero-order valence-corrected chi connectivity index (χ0v) is 26.0. The molecule has 2 aromatic rings. The number of nitrogens with zero attached hydrogens (tertiary/aromatic N) is 4. The summed E-state index contributed by atoms with van der Waals surface area (Å²) < 4.78 is 12.9. The van der Waals surface area contributed by atoms with Crippen molar-refractivity contribution in [1.29, 1.82) is 0 Å². The van der Waals surface area contributed by atoms with Crippen LogP contribution in [0.15, 0.2) is 6.33 Å². The lowest BCUT2D eigenvalue weighted by atomic mass is 10.0. The van der Waals surface area contributed by atoms with E-state index in [2.05, 4.69) is 32.5 Å². The summed E-state index contributed by atoms with van der Waals surface area (Å²) in [5.41, 5.74) is 1.22. The number of aromatic nitrogens is 4. The Labute approximate surface area is 247 Å². The van der Waals surface area contributed by atoms with Gasteiger partial charge in [-0.05, 0) is 6.42 Å². The minimum atomic E-state index is -0.624. The molecule has 0 bridgehead atoms. The van der Waals surface area contributed by atoms with Crippen molar-refractivity contribution in [3.63, 3.8) is 0 Å². The molecular weight excluding hydrogens is 520 g/mol. The highest BCUT2D eigenvalue weighted by atomic mass is 16.6. The highest BCUT2D eigenvalue weighted by Crippen LogP contribution is 2.20. The van der Waals surface area contributed by atoms with Crippen LogP contribution >= 0.6 is 0 Å². The third kappa shape index (κ3) is 14.3. The molecule has 2 rings (SSSR count). The van der Waals surface area contributed by atoms with Gasteiger partial charge < -0.3 is 25.2 Å². The second kappa shape index (κ2) is 22.2. The maximum absolute atomic E-state index is 12.2. The Morgan fingerprint density at radius 3 is 1.93 bits per heavy atom. The molecule has 0 aliphatic heterocycles. The molecule has 0 radical (unpaired) electrons. The van der Waals surface area contributed by atoms with Crippen molar-refractivity contribution in [1.82, 2.24) is 19.5 Å². The van der Waals surface area contributed by atoms with Gasteiger partial charge in [0.15, 0.2) is 17.0 Å². The fraction of sp³-hybridized carbons (Fsp3) is 0.806. The number of rotatable bonds is 26. The van der Waals surface area contributed by atoms with Crippen LogP contribution in [0.3, 0.4) is 0 Å². The topological polar surface area (TPSA) is 123 Å². The molecule has 0 saturated heterocycles. The Morgan fingerprint density at radius 1 is 0.854 bits per heavy atom. The van der Waals surface area contributed by atoms with E-state index < -0.39 is 6.10 Å². The molecule has 10 heteroatoms. The first-order chi connectivity index (χ1) is 20.1. The minimum absolute atomic E-state index is 0.0133. The van der Waals surface area contributed by atoms with E-state index in [-0.39, 0.29) is 25.9 Å². The van der Waals surface area contributed by atoms with Gasteiger partial charge in [-0.25, -0.2) is 4.98 Å². The molecule has 1 unspecified atom stereocenters. The summed E-state index contributed by atoms with van der Waals surface area (Å²) >= 11 is 0. The second-order valence-corrected chi connectivity index (χ2v) is 11.0. The molecule has 10 nitrogen and oxygen atoms in total. The fourth-order valence-corrected chi connectivity index (χ4v) is 4.92. The van der Waals surface area contributed by atoms with Crippen LogP contribution in [0.4, 0.5) is 11.8 Å². The lowest BCUT2D eigenvalue weighted by molar-refractivity contribution is -0.150. The number of fused-ring (bicyclic) bond motifs is 1.